The number of piperazine rings is 1. The molecule has 1 aromatic rings. The minimum atomic E-state index is -3.27. The van der Waals surface area contributed by atoms with Gasteiger partial charge in [-0.05, 0) is 37.7 Å². The Morgan fingerprint density at radius 1 is 1.00 bits per heavy atom. The molecule has 8 heteroatoms. The molecule has 2 aliphatic rings. The summed E-state index contributed by atoms with van der Waals surface area (Å²) >= 11 is 0. The molecule has 7 nitrogen and oxygen atoms in total. The number of sulfonamides is 1. The fourth-order valence-electron chi connectivity index (χ4n) is 4.46. The molecule has 31 heavy (non-hydrogen) atoms. The molecule has 1 atom stereocenters. The lowest BCUT2D eigenvalue weighted by Crippen LogP contribution is -2.54. The average molecular weight is 450 g/mol. The van der Waals surface area contributed by atoms with Crippen molar-refractivity contribution in [3.63, 3.8) is 0 Å². The van der Waals surface area contributed by atoms with Gasteiger partial charge in [-0.1, -0.05) is 37.3 Å². The zero-order valence-corrected chi connectivity index (χ0v) is 19.4. The second-order valence-electron chi connectivity index (χ2n) is 8.56. The number of carbonyl (C=O) groups excluding carboxylic acids is 2. The van der Waals surface area contributed by atoms with Crippen LogP contribution in [0.15, 0.2) is 30.3 Å². The van der Waals surface area contributed by atoms with Gasteiger partial charge in [-0.2, -0.15) is 0 Å². The van der Waals surface area contributed by atoms with Gasteiger partial charge in [-0.15, -0.1) is 0 Å². The van der Waals surface area contributed by atoms with Crippen LogP contribution in [0.4, 0.5) is 0 Å². The number of hydrogen-bond acceptors (Lipinski definition) is 4. The Balaban J connectivity index is 1.43. The first-order chi connectivity index (χ1) is 14.9. The lowest BCUT2D eigenvalue weighted by molar-refractivity contribution is -0.143. The fourth-order valence-corrected chi connectivity index (χ4v) is 6.05. The van der Waals surface area contributed by atoms with Crippen molar-refractivity contribution in [1.29, 1.82) is 0 Å². The molecule has 2 fully saturated rings. The maximum atomic E-state index is 13.0. The smallest absolute Gasteiger partial charge is 0.227 e. The number of aryl methyl sites for hydroxylation is 1. The molecule has 2 aliphatic heterocycles. The van der Waals surface area contributed by atoms with Crippen LogP contribution in [0.1, 0.15) is 44.6 Å². The quantitative estimate of drug-likeness (QED) is 0.609. The second kappa shape index (κ2) is 11.1. The van der Waals surface area contributed by atoms with Gasteiger partial charge in [0.15, 0.2) is 0 Å². The zero-order chi connectivity index (χ0) is 22.3. The van der Waals surface area contributed by atoms with E-state index < -0.39 is 10.0 Å². The van der Waals surface area contributed by atoms with Crippen molar-refractivity contribution in [2.45, 2.75) is 45.4 Å². The first-order valence-electron chi connectivity index (χ1n) is 11.5. The molecule has 2 amide bonds. The van der Waals surface area contributed by atoms with Crippen molar-refractivity contribution < 1.29 is 18.0 Å². The number of nitrogens with zero attached hydrogens (tertiary/aromatic N) is 3. The summed E-state index contributed by atoms with van der Waals surface area (Å²) in [6, 6.07) is 10.2. The topological polar surface area (TPSA) is 78.0 Å². The molecule has 1 unspecified atom stereocenters. The van der Waals surface area contributed by atoms with Gasteiger partial charge in [-0.25, -0.2) is 12.7 Å². The Labute approximate surface area is 186 Å². The van der Waals surface area contributed by atoms with Crippen molar-refractivity contribution in [3.05, 3.63) is 35.9 Å². The highest BCUT2D eigenvalue weighted by molar-refractivity contribution is 7.89. The first-order valence-corrected chi connectivity index (χ1v) is 13.1. The van der Waals surface area contributed by atoms with Crippen LogP contribution in [0.25, 0.3) is 0 Å². The Kier molecular flexibility index (Phi) is 8.49. The molecular formula is C23H35N3O4S. The van der Waals surface area contributed by atoms with Crippen LogP contribution in [0.5, 0.6) is 0 Å². The molecule has 0 aromatic heterocycles. The van der Waals surface area contributed by atoms with Crippen molar-refractivity contribution in [2.24, 2.45) is 5.92 Å². The lowest BCUT2D eigenvalue weighted by Gasteiger charge is -2.38. The standard InChI is InChI=1S/C23H35N3O4S/c1-2-18-31(29,30)26-13-7-11-21(19-26)23(28)25-16-14-24(15-17-25)22(27)12-6-10-20-8-4-3-5-9-20/h3-5,8-9,21H,2,6-7,10-19H2,1H3. The molecule has 3 rings (SSSR count). The third kappa shape index (κ3) is 6.53. The molecule has 0 saturated carbocycles. The van der Waals surface area contributed by atoms with E-state index in [2.05, 4.69) is 12.1 Å². The van der Waals surface area contributed by atoms with Crippen LogP contribution in [0.2, 0.25) is 0 Å². The third-order valence-electron chi connectivity index (χ3n) is 6.23. The Morgan fingerprint density at radius 2 is 1.68 bits per heavy atom. The number of amides is 2. The Hall–Kier alpha value is -1.93. The van der Waals surface area contributed by atoms with E-state index in [1.807, 2.05) is 34.9 Å². The van der Waals surface area contributed by atoms with E-state index in [-0.39, 0.29) is 23.5 Å². The summed E-state index contributed by atoms with van der Waals surface area (Å²) in [4.78, 5) is 29.2. The zero-order valence-electron chi connectivity index (χ0n) is 18.5. The number of rotatable bonds is 8. The summed E-state index contributed by atoms with van der Waals surface area (Å²) in [5, 5.41) is 0. The molecule has 2 saturated heterocycles. The predicted molar refractivity (Wildman–Crippen MR) is 121 cm³/mol. The van der Waals surface area contributed by atoms with Crippen molar-refractivity contribution in [3.8, 4) is 0 Å². The Bertz CT molecular complexity index is 836. The van der Waals surface area contributed by atoms with Gasteiger partial charge >= 0.3 is 0 Å². The maximum absolute atomic E-state index is 13.0. The van der Waals surface area contributed by atoms with E-state index in [0.717, 1.165) is 25.7 Å². The molecule has 0 radical (unpaired) electrons. The first kappa shape index (κ1) is 23.7. The summed E-state index contributed by atoms with van der Waals surface area (Å²) in [5.41, 5.74) is 1.24. The summed E-state index contributed by atoms with van der Waals surface area (Å²) in [7, 11) is -3.27. The van der Waals surface area contributed by atoms with E-state index in [4.69, 9.17) is 0 Å². The van der Waals surface area contributed by atoms with Gasteiger partial charge in [-0.3, -0.25) is 9.59 Å². The SMILES string of the molecule is CCCS(=O)(=O)N1CCCC(C(=O)N2CCN(C(=O)CCCc3ccccc3)CC2)C1. The maximum Gasteiger partial charge on any atom is 0.227 e. The molecule has 0 N–H and O–H groups in total. The predicted octanol–water partition coefficient (Wildman–Crippen LogP) is 2.13. The number of carbonyl (C=O) groups is 2. The largest absolute Gasteiger partial charge is 0.339 e. The van der Waals surface area contributed by atoms with Gasteiger partial charge in [0.05, 0.1) is 11.7 Å². The van der Waals surface area contributed by atoms with Gasteiger partial charge in [0.25, 0.3) is 0 Å². The van der Waals surface area contributed by atoms with E-state index in [9.17, 15) is 18.0 Å². The molecule has 0 bridgehead atoms. The fraction of sp³-hybridized carbons (Fsp3) is 0.652. The highest BCUT2D eigenvalue weighted by Crippen LogP contribution is 2.22. The lowest BCUT2D eigenvalue weighted by atomic mass is 9.97. The summed E-state index contributed by atoms with van der Waals surface area (Å²) in [6.45, 7) is 4.83. The van der Waals surface area contributed by atoms with E-state index in [0.29, 0.717) is 52.1 Å². The van der Waals surface area contributed by atoms with Gasteiger partial charge in [0, 0.05) is 45.7 Å². The van der Waals surface area contributed by atoms with Crippen molar-refractivity contribution >= 4 is 21.8 Å². The molecule has 1 aromatic carbocycles. The normalized spacial score (nSPS) is 20.6. The molecular weight excluding hydrogens is 414 g/mol. The number of benzene rings is 1. The minimum Gasteiger partial charge on any atom is -0.339 e. The van der Waals surface area contributed by atoms with Gasteiger partial charge < -0.3 is 9.80 Å². The highest BCUT2D eigenvalue weighted by atomic mass is 32.2. The summed E-state index contributed by atoms with van der Waals surface area (Å²) in [5.74, 6) is 0.0532. The minimum absolute atomic E-state index is 0.0348. The molecule has 172 valence electrons. The second-order valence-corrected chi connectivity index (χ2v) is 10.6. The van der Waals surface area contributed by atoms with E-state index in [1.165, 1.54) is 9.87 Å². The third-order valence-corrected chi connectivity index (χ3v) is 8.27. The Morgan fingerprint density at radius 3 is 2.35 bits per heavy atom. The van der Waals surface area contributed by atoms with E-state index >= 15 is 0 Å². The van der Waals surface area contributed by atoms with Crippen LogP contribution in [-0.4, -0.2) is 79.4 Å². The summed E-state index contributed by atoms with van der Waals surface area (Å²) in [6.07, 6.45) is 4.28. The molecule has 0 spiro atoms. The number of piperidine rings is 1. The van der Waals surface area contributed by atoms with Gasteiger partial charge in [0.1, 0.15) is 0 Å². The van der Waals surface area contributed by atoms with Crippen LogP contribution >= 0.6 is 0 Å². The van der Waals surface area contributed by atoms with Crippen LogP contribution in [0.3, 0.4) is 0 Å². The van der Waals surface area contributed by atoms with Crippen molar-refractivity contribution in [2.75, 3.05) is 45.0 Å². The molecule has 0 aliphatic carbocycles. The highest BCUT2D eigenvalue weighted by Gasteiger charge is 2.35. The van der Waals surface area contributed by atoms with Crippen LogP contribution in [0, 0.1) is 5.92 Å². The monoisotopic (exact) mass is 449 g/mol. The van der Waals surface area contributed by atoms with Gasteiger partial charge in [0.2, 0.25) is 21.8 Å². The van der Waals surface area contributed by atoms with Crippen LogP contribution in [-0.2, 0) is 26.0 Å². The van der Waals surface area contributed by atoms with Crippen molar-refractivity contribution in [1.82, 2.24) is 14.1 Å². The number of hydrogen-bond donors (Lipinski definition) is 0. The van der Waals surface area contributed by atoms with Crippen LogP contribution < -0.4 is 0 Å². The molecule has 2 heterocycles. The average Bonchev–Trinajstić information content (AvgIpc) is 2.79. The van der Waals surface area contributed by atoms with E-state index in [1.54, 1.807) is 0 Å². The summed E-state index contributed by atoms with van der Waals surface area (Å²) < 4.78 is 26.3.